The average Bonchev–Trinajstić information content (AvgIpc) is 2.93. The van der Waals surface area contributed by atoms with Crippen LogP contribution in [-0.2, 0) is 13.0 Å². The van der Waals surface area contributed by atoms with Gasteiger partial charge in [-0.1, -0.05) is 35.0 Å². The van der Waals surface area contributed by atoms with Gasteiger partial charge in [0.15, 0.2) is 0 Å². The van der Waals surface area contributed by atoms with Crippen LogP contribution in [0.2, 0.25) is 0 Å². The Bertz CT molecular complexity index is 577. The van der Waals surface area contributed by atoms with Crippen molar-refractivity contribution in [3.05, 3.63) is 52.0 Å². The first-order chi connectivity index (χ1) is 10.2. The molecule has 0 saturated heterocycles. The predicted octanol–water partition coefficient (Wildman–Crippen LogP) is 4.26. The molecule has 0 spiro atoms. The molecule has 4 heteroatoms. The molecule has 2 aromatic rings. The van der Waals surface area contributed by atoms with E-state index in [4.69, 9.17) is 0 Å². The molecule has 0 aliphatic carbocycles. The molecule has 3 nitrogen and oxygen atoms in total. The van der Waals surface area contributed by atoms with E-state index >= 15 is 0 Å². The Morgan fingerprint density at radius 1 is 1.33 bits per heavy atom. The van der Waals surface area contributed by atoms with Crippen LogP contribution in [0.5, 0.6) is 0 Å². The van der Waals surface area contributed by atoms with Crippen LogP contribution in [0.25, 0.3) is 0 Å². The largest absolute Gasteiger partial charge is 0.335 e. The van der Waals surface area contributed by atoms with Crippen molar-refractivity contribution in [2.45, 2.75) is 46.2 Å². The molecule has 21 heavy (non-hydrogen) atoms. The summed E-state index contributed by atoms with van der Waals surface area (Å²) in [4.78, 5) is 4.52. The summed E-state index contributed by atoms with van der Waals surface area (Å²) in [6, 6.07) is 6.73. The molecule has 1 unspecified atom stereocenters. The summed E-state index contributed by atoms with van der Waals surface area (Å²) in [5.74, 6) is 1.14. The van der Waals surface area contributed by atoms with E-state index in [1.807, 2.05) is 6.20 Å². The third-order valence-electron chi connectivity index (χ3n) is 3.85. The van der Waals surface area contributed by atoms with Crippen LogP contribution in [0.4, 0.5) is 0 Å². The number of nitrogens with zero attached hydrogens (tertiary/aromatic N) is 2. The number of hydrogen-bond acceptors (Lipinski definition) is 2. The van der Waals surface area contributed by atoms with Crippen LogP contribution in [-0.4, -0.2) is 16.1 Å². The van der Waals surface area contributed by atoms with E-state index in [2.05, 4.69) is 76.0 Å². The fourth-order valence-corrected chi connectivity index (χ4v) is 2.99. The van der Waals surface area contributed by atoms with E-state index in [-0.39, 0.29) is 0 Å². The number of nitrogens with one attached hydrogen (secondary N) is 1. The van der Waals surface area contributed by atoms with Gasteiger partial charge in [0, 0.05) is 35.9 Å². The summed E-state index contributed by atoms with van der Waals surface area (Å²) in [6.07, 6.45) is 5.99. The SMILES string of the molecule is CCCNC(Cc1nccn1CC)c1cccc(Br)c1C. The van der Waals surface area contributed by atoms with Gasteiger partial charge in [0.05, 0.1) is 0 Å². The first kappa shape index (κ1) is 16.2. The van der Waals surface area contributed by atoms with Gasteiger partial charge in [0.2, 0.25) is 0 Å². The monoisotopic (exact) mass is 349 g/mol. The van der Waals surface area contributed by atoms with Crippen molar-refractivity contribution in [2.24, 2.45) is 0 Å². The van der Waals surface area contributed by atoms with Gasteiger partial charge in [-0.25, -0.2) is 4.98 Å². The van der Waals surface area contributed by atoms with Crippen LogP contribution in [0.3, 0.4) is 0 Å². The normalized spacial score (nSPS) is 12.6. The van der Waals surface area contributed by atoms with Crippen molar-refractivity contribution >= 4 is 15.9 Å². The van der Waals surface area contributed by atoms with Gasteiger partial charge in [-0.2, -0.15) is 0 Å². The number of benzene rings is 1. The first-order valence-electron chi connectivity index (χ1n) is 7.65. The molecule has 1 aromatic heterocycles. The lowest BCUT2D eigenvalue weighted by molar-refractivity contribution is 0.504. The van der Waals surface area contributed by atoms with Crippen molar-refractivity contribution in [3.8, 4) is 0 Å². The highest BCUT2D eigenvalue weighted by atomic mass is 79.9. The van der Waals surface area contributed by atoms with Crippen molar-refractivity contribution in [1.82, 2.24) is 14.9 Å². The molecule has 0 aliphatic heterocycles. The molecular formula is C17H24BrN3. The van der Waals surface area contributed by atoms with Crippen LogP contribution in [0, 0.1) is 6.92 Å². The Balaban J connectivity index is 2.28. The second-order valence-corrected chi connectivity index (χ2v) is 6.15. The molecule has 1 N–H and O–H groups in total. The third kappa shape index (κ3) is 3.95. The van der Waals surface area contributed by atoms with Gasteiger partial charge in [-0.3, -0.25) is 0 Å². The standard InChI is InChI=1S/C17H24BrN3/c1-4-9-19-16(12-17-20-10-11-21(17)5-2)14-7-6-8-15(18)13(14)3/h6-8,10-11,16,19H,4-5,9,12H2,1-3H3. The number of hydrogen-bond donors (Lipinski definition) is 1. The molecule has 1 atom stereocenters. The quantitative estimate of drug-likeness (QED) is 0.809. The Hall–Kier alpha value is -1.13. The smallest absolute Gasteiger partial charge is 0.110 e. The maximum Gasteiger partial charge on any atom is 0.110 e. The summed E-state index contributed by atoms with van der Waals surface area (Å²) < 4.78 is 3.38. The van der Waals surface area contributed by atoms with Crippen LogP contribution < -0.4 is 5.32 Å². The molecular weight excluding hydrogens is 326 g/mol. The topological polar surface area (TPSA) is 29.9 Å². The highest BCUT2D eigenvalue weighted by Gasteiger charge is 2.17. The minimum Gasteiger partial charge on any atom is -0.335 e. The molecule has 0 aliphatic rings. The molecule has 0 bridgehead atoms. The van der Waals surface area contributed by atoms with Gasteiger partial charge in [0.25, 0.3) is 0 Å². The minimum absolute atomic E-state index is 0.301. The van der Waals surface area contributed by atoms with Crippen molar-refractivity contribution in [3.63, 3.8) is 0 Å². The lowest BCUT2D eigenvalue weighted by Crippen LogP contribution is -2.26. The fourth-order valence-electron chi connectivity index (χ4n) is 2.61. The number of halogens is 1. The maximum atomic E-state index is 4.52. The molecule has 0 fully saturated rings. The summed E-state index contributed by atoms with van der Waals surface area (Å²) in [6.45, 7) is 8.51. The van der Waals surface area contributed by atoms with Gasteiger partial charge in [-0.05, 0) is 44.0 Å². The molecule has 2 rings (SSSR count). The van der Waals surface area contributed by atoms with E-state index in [0.717, 1.165) is 31.8 Å². The van der Waals surface area contributed by atoms with Gasteiger partial charge < -0.3 is 9.88 Å². The number of aryl methyl sites for hydroxylation is 1. The van der Waals surface area contributed by atoms with E-state index in [9.17, 15) is 0 Å². The van der Waals surface area contributed by atoms with Gasteiger partial charge >= 0.3 is 0 Å². The Morgan fingerprint density at radius 3 is 2.86 bits per heavy atom. The average molecular weight is 350 g/mol. The zero-order chi connectivity index (χ0) is 15.2. The maximum absolute atomic E-state index is 4.52. The van der Waals surface area contributed by atoms with E-state index < -0.39 is 0 Å². The third-order valence-corrected chi connectivity index (χ3v) is 4.71. The lowest BCUT2D eigenvalue weighted by atomic mass is 9.98. The summed E-state index contributed by atoms with van der Waals surface area (Å²) in [5.41, 5.74) is 2.66. The zero-order valence-electron chi connectivity index (χ0n) is 13.1. The summed E-state index contributed by atoms with van der Waals surface area (Å²) >= 11 is 3.64. The van der Waals surface area contributed by atoms with Gasteiger partial charge in [-0.15, -0.1) is 0 Å². The molecule has 114 valence electrons. The number of aromatic nitrogens is 2. The zero-order valence-corrected chi connectivity index (χ0v) is 14.7. The van der Waals surface area contributed by atoms with Crippen LogP contribution >= 0.6 is 15.9 Å². The molecule has 0 radical (unpaired) electrons. The second-order valence-electron chi connectivity index (χ2n) is 5.29. The highest BCUT2D eigenvalue weighted by Crippen LogP contribution is 2.26. The molecule has 1 aromatic carbocycles. The van der Waals surface area contributed by atoms with Crippen molar-refractivity contribution in [2.75, 3.05) is 6.54 Å². The van der Waals surface area contributed by atoms with Crippen molar-refractivity contribution in [1.29, 1.82) is 0 Å². The fraction of sp³-hybridized carbons (Fsp3) is 0.471. The lowest BCUT2D eigenvalue weighted by Gasteiger charge is -2.21. The first-order valence-corrected chi connectivity index (χ1v) is 8.45. The van der Waals surface area contributed by atoms with Gasteiger partial charge in [0.1, 0.15) is 5.82 Å². The second kappa shape index (κ2) is 7.76. The van der Waals surface area contributed by atoms with E-state index in [1.165, 1.54) is 15.6 Å². The molecule has 0 amide bonds. The summed E-state index contributed by atoms with van der Waals surface area (Å²) in [7, 11) is 0. The molecule has 1 heterocycles. The van der Waals surface area contributed by atoms with Crippen LogP contribution in [0.1, 0.15) is 43.3 Å². The Morgan fingerprint density at radius 2 is 2.14 bits per heavy atom. The Kier molecular flexibility index (Phi) is 6.00. The Labute approximate surface area is 135 Å². The molecule has 0 saturated carbocycles. The predicted molar refractivity (Wildman–Crippen MR) is 91.5 cm³/mol. The van der Waals surface area contributed by atoms with E-state index in [1.54, 1.807) is 0 Å². The number of imidazole rings is 1. The van der Waals surface area contributed by atoms with Crippen molar-refractivity contribution < 1.29 is 0 Å². The minimum atomic E-state index is 0.301. The summed E-state index contributed by atoms with van der Waals surface area (Å²) in [5, 5.41) is 3.67. The van der Waals surface area contributed by atoms with E-state index in [0.29, 0.717) is 6.04 Å². The highest BCUT2D eigenvalue weighted by molar-refractivity contribution is 9.10. The van der Waals surface area contributed by atoms with Crippen LogP contribution in [0.15, 0.2) is 35.1 Å². The number of rotatable bonds is 7.